The number of carbonyl (C=O) groups excluding carboxylic acids is 1. The first-order chi connectivity index (χ1) is 8.13. The van der Waals surface area contributed by atoms with Crippen LogP contribution in [0.1, 0.15) is 32.6 Å². The summed E-state index contributed by atoms with van der Waals surface area (Å²) in [7, 11) is 1.72. The van der Waals surface area contributed by atoms with E-state index in [1.165, 1.54) is 0 Å². The van der Waals surface area contributed by atoms with Crippen molar-refractivity contribution in [2.75, 3.05) is 20.2 Å². The van der Waals surface area contributed by atoms with Crippen molar-refractivity contribution in [2.45, 2.75) is 44.8 Å². The molecule has 0 aromatic rings. The molecule has 4 heteroatoms. The molecule has 0 aromatic heterocycles. The Hall–Kier alpha value is -0.610. The van der Waals surface area contributed by atoms with Crippen molar-refractivity contribution in [1.29, 1.82) is 0 Å². The van der Waals surface area contributed by atoms with E-state index in [1.807, 2.05) is 4.90 Å². The number of hydrogen-bond acceptors (Lipinski definition) is 3. The van der Waals surface area contributed by atoms with Gasteiger partial charge in [-0.05, 0) is 25.2 Å². The maximum absolute atomic E-state index is 12.4. The van der Waals surface area contributed by atoms with Gasteiger partial charge in [0.2, 0.25) is 5.91 Å². The molecule has 1 heterocycles. The number of nitrogens with zero attached hydrogens (tertiary/aromatic N) is 1. The van der Waals surface area contributed by atoms with Gasteiger partial charge in [-0.15, -0.1) is 0 Å². The van der Waals surface area contributed by atoms with Crippen LogP contribution in [0.15, 0.2) is 0 Å². The zero-order chi connectivity index (χ0) is 12.4. The molecular weight excluding hydrogens is 216 g/mol. The fraction of sp³-hybridized carbons (Fsp3) is 0.923. The lowest BCUT2D eigenvalue weighted by atomic mass is 9.77. The molecule has 2 fully saturated rings. The Balaban J connectivity index is 1.95. The quantitative estimate of drug-likeness (QED) is 0.783. The summed E-state index contributed by atoms with van der Waals surface area (Å²) in [5.41, 5.74) is 6.18. The topological polar surface area (TPSA) is 55.6 Å². The molecule has 0 spiro atoms. The van der Waals surface area contributed by atoms with Crippen molar-refractivity contribution < 1.29 is 9.53 Å². The van der Waals surface area contributed by atoms with Gasteiger partial charge in [0.1, 0.15) is 0 Å². The fourth-order valence-corrected chi connectivity index (χ4v) is 3.08. The molecule has 4 unspecified atom stereocenters. The summed E-state index contributed by atoms with van der Waals surface area (Å²) in [4.78, 5) is 14.3. The minimum absolute atomic E-state index is 0.0364. The highest BCUT2D eigenvalue weighted by Gasteiger charge is 2.37. The van der Waals surface area contributed by atoms with Gasteiger partial charge in [-0.3, -0.25) is 4.79 Å². The van der Waals surface area contributed by atoms with Crippen molar-refractivity contribution in [2.24, 2.45) is 17.6 Å². The van der Waals surface area contributed by atoms with Crippen LogP contribution in [0.2, 0.25) is 0 Å². The zero-order valence-corrected chi connectivity index (χ0v) is 10.9. The first-order valence-corrected chi connectivity index (χ1v) is 6.70. The van der Waals surface area contributed by atoms with Gasteiger partial charge in [-0.2, -0.15) is 0 Å². The Labute approximate surface area is 103 Å². The lowest BCUT2D eigenvalue weighted by molar-refractivity contribution is -0.137. The Morgan fingerprint density at radius 3 is 2.76 bits per heavy atom. The van der Waals surface area contributed by atoms with Crippen LogP contribution >= 0.6 is 0 Å². The molecule has 1 saturated carbocycles. The Morgan fingerprint density at radius 2 is 2.12 bits per heavy atom. The van der Waals surface area contributed by atoms with E-state index >= 15 is 0 Å². The van der Waals surface area contributed by atoms with E-state index in [1.54, 1.807) is 7.11 Å². The van der Waals surface area contributed by atoms with Crippen molar-refractivity contribution in [3.8, 4) is 0 Å². The third kappa shape index (κ3) is 2.63. The molecule has 1 saturated heterocycles. The summed E-state index contributed by atoms with van der Waals surface area (Å²) in [5.74, 6) is 0.761. The number of rotatable bonds is 2. The van der Waals surface area contributed by atoms with E-state index in [0.29, 0.717) is 5.92 Å². The molecule has 1 amide bonds. The normalized spacial score (nSPS) is 38.4. The molecule has 2 aliphatic rings. The van der Waals surface area contributed by atoms with E-state index in [0.717, 1.165) is 38.8 Å². The molecule has 17 heavy (non-hydrogen) atoms. The number of carbonyl (C=O) groups is 1. The number of ether oxygens (including phenoxy) is 1. The van der Waals surface area contributed by atoms with Crippen molar-refractivity contribution in [3.05, 3.63) is 0 Å². The number of likely N-dealkylation sites (tertiary alicyclic amines) is 1. The van der Waals surface area contributed by atoms with Crippen LogP contribution < -0.4 is 5.73 Å². The average molecular weight is 240 g/mol. The summed E-state index contributed by atoms with van der Waals surface area (Å²) in [6.07, 6.45) is 4.42. The highest BCUT2D eigenvalue weighted by molar-refractivity contribution is 5.80. The molecular formula is C13H24N2O2. The molecule has 4 nitrogen and oxygen atoms in total. The third-order valence-corrected chi connectivity index (χ3v) is 4.40. The Morgan fingerprint density at radius 1 is 1.35 bits per heavy atom. The molecule has 98 valence electrons. The second kappa shape index (κ2) is 5.36. The number of amides is 1. The van der Waals surface area contributed by atoms with E-state index < -0.39 is 0 Å². The molecule has 4 atom stereocenters. The van der Waals surface area contributed by atoms with E-state index in [2.05, 4.69) is 6.92 Å². The number of hydrogen-bond donors (Lipinski definition) is 1. The molecule has 2 rings (SSSR count). The van der Waals surface area contributed by atoms with E-state index in [9.17, 15) is 4.79 Å². The summed E-state index contributed by atoms with van der Waals surface area (Å²) < 4.78 is 5.30. The summed E-state index contributed by atoms with van der Waals surface area (Å²) >= 11 is 0. The van der Waals surface area contributed by atoms with E-state index in [-0.39, 0.29) is 24.0 Å². The predicted molar refractivity (Wildman–Crippen MR) is 66.5 cm³/mol. The van der Waals surface area contributed by atoms with Gasteiger partial charge in [0.05, 0.1) is 12.0 Å². The van der Waals surface area contributed by atoms with Crippen molar-refractivity contribution in [3.63, 3.8) is 0 Å². The van der Waals surface area contributed by atoms with Crippen LogP contribution in [0.5, 0.6) is 0 Å². The Bertz CT molecular complexity index is 283. The second-order valence-electron chi connectivity index (χ2n) is 5.52. The van der Waals surface area contributed by atoms with Gasteiger partial charge >= 0.3 is 0 Å². The molecule has 0 radical (unpaired) electrons. The first kappa shape index (κ1) is 12.8. The minimum atomic E-state index is 0.0364. The smallest absolute Gasteiger partial charge is 0.227 e. The van der Waals surface area contributed by atoms with Crippen LogP contribution in [0.4, 0.5) is 0 Å². The van der Waals surface area contributed by atoms with E-state index in [4.69, 9.17) is 10.5 Å². The van der Waals surface area contributed by atoms with Gasteiger partial charge in [0.15, 0.2) is 0 Å². The summed E-state index contributed by atoms with van der Waals surface area (Å²) in [5, 5.41) is 0. The minimum Gasteiger partial charge on any atom is -0.380 e. The third-order valence-electron chi connectivity index (χ3n) is 4.40. The van der Waals surface area contributed by atoms with Crippen LogP contribution in [0, 0.1) is 11.8 Å². The molecule has 0 bridgehead atoms. The SMILES string of the molecule is COC1CCN(C(=O)C2CCCC(C)C2N)C1. The lowest BCUT2D eigenvalue weighted by Gasteiger charge is -2.35. The second-order valence-corrected chi connectivity index (χ2v) is 5.52. The number of nitrogens with two attached hydrogens (primary N) is 1. The maximum Gasteiger partial charge on any atom is 0.227 e. The summed E-state index contributed by atoms with van der Waals surface area (Å²) in [6, 6.07) is 0.0397. The van der Waals surface area contributed by atoms with Gasteiger partial charge in [-0.25, -0.2) is 0 Å². The average Bonchev–Trinajstić information content (AvgIpc) is 2.80. The lowest BCUT2D eigenvalue weighted by Crippen LogP contribution is -2.48. The summed E-state index contributed by atoms with van der Waals surface area (Å²) in [6.45, 7) is 3.73. The fourth-order valence-electron chi connectivity index (χ4n) is 3.08. The highest BCUT2D eigenvalue weighted by atomic mass is 16.5. The van der Waals surface area contributed by atoms with Gasteiger partial charge in [0, 0.05) is 26.2 Å². The van der Waals surface area contributed by atoms with Gasteiger partial charge in [-0.1, -0.05) is 13.3 Å². The van der Waals surface area contributed by atoms with Crippen LogP contribution in [0.3, 0.4) is 0 Å². The molecule has 2 N–H and O–H groups in total. The van der Waals surface area contributed by atoms with Gasteiger partial charge in [0.25, 0.3) is 0 Å². The van der Waals surface area contributed by atoms with Crippen LogP contribution in [-0.4, -0.2) is 43.2 Å². The zero-order valence-electron chi connectivity index (χ0n) is 10.9. The first-order valence-electron chi connectivity index (χ1n) is 6.70. The highest BCUT2D eigenvalue weighted by Crippen LogP contribution is 2.30. The predicted octanol–water partition coefficient (Wildman–Crippen LogP) is 0.997. The van der Waals surface area contributed by atoms with Crippen LogP contribution in [0.25, 0.3) is 0 Å². The van der Waals surface area contributed by atoms with Crippen molar-refractivity contribution >= 4 is 5.91 Å². The maximum atomic E-state index is 12.4. The van der Waals surface area contributed by atoms with Crippen molar-refractivity contribution in [1.82, 2.24) is 4.90 Å². The van der Waals surface area contributed by atoms with Gasteiger partial charge < -0.3 is 15.4 Å². The molecule has 0 aromatic carbocycles. The standard InChI is InChI=1S/C13H24N2O2/c1-9-4-3-5-11(12(9)14)13(16)15-7-6-10(8-15)17-2/h9-12H,3-8,14H2,1-2H3. The molecule has 1 aliphatic carbocycles. The Kier molecular flexibility index (Phi) is 4.05. The number of methoxy groups -OCH3 is 1. The van der Waals surface area contributed by atoms with Crippen LogP contribution in [-0.2, 0) is 9.53 Å². The monoisotopic (exact) mass is 240 g/mol. The largest absolute Gasteiger partial charge is 0.380 e. The molecule has 1 aliphatic heterocycles.